The highest BCUT2D eigenvalue weighted by molar-refractivity contribution is 5.97. The molecule has 188 valence electrons. The molecule has 1 aromatic heterocycles. The average Bonchev–Trinajstić information content (AvgIpc) is 3.55. The van der Waals surface area contributed by atoms with E-state index in [1.165, 1.54) is 13.3 Å². The zero-order valence-electron chi connectivity index (χ0n) is 20.3. The zero-order valence-corrected chi connectivity index (χ0v) is 20.3. The molecule has 9 nitrogen and oxygen atoms in total. The largest absolute Gasteiger partial charge is 0.492 e. The number of ether oxygens (including phenoxy) is 2. The summed E-state index contributed by atoms with van der Waals surface area (Å²) in [6.45, 7) is 6.28. The normalized spacial score (nSPS) is 23.6. The third kappa shape index (κ3) is 3.88. The summed E-state index contributed by atoms with van der Waals surface area (Å²) in [6.07, 6.45) is 4.15. The first kappa shape index (κ1) is 23.4. The van der Waals surface area contributed by atoms with Gasteiger partial charge in [-0.15, -0.1) is 0 Å². The topological polar surface area (TPSA) is 110 Å². The van der Waals surface area contributed by atoms with Gasteiger partial charge in [-0.1, -0.05) is 0 Å². The van der Waals surface area contributed by atoms with Crippen molar-refractivity contribution in [1.82, 2.24) is 9.88 Å². The van der Waals surface area contributed by atoms with Crippen LogP contribution in [-0.4, -0.2) is 53.1 Å². The first-order chi connectivity index (χ1) is 16.4. The summed E-state index contributed by atoms with van der Waals surface area (Å²) in [7, 11) is 1.42. The van der Waals surface area contributed by atoms with Gasteiger partial charge in [-0.3, -0.25) is 4.79 Å². The number of alkyl carbamates (subject to hydrolysis) is 1. The van der Waals surface area contributed by atoms with Gasteiger partial charge in [-0.05, 0) is 52.5 Å². The molecule has 1 aliphatic heterocycles. The van der Waals surface area contributed by atoms with E-state index >= 15 is 4.39 Å². The smallest absolute Gasteiger partial charge is 0.408 e. The number of methoxy groups -OCH3 is 1. The van der Waals surface area contributed by atoms with Crippen LogP contribution in [0.5, 0.6) is 5.75 Å². The van der Waals surface area contributed by atoms with Crippen molar-refractivity contribution in [3.8, 4) is 5.75 Å². The van der Waals surface area contributed by atoms with E-state index in [0.29, 0.717) is 18.6 Å². The number of halogens is 1. The highest BCUT2D eigenvalue weighted by Crippen LogP contribution is 2.50. The van der Waals surface area contributed by atoms with Crippen molar-refractivity contribution in [3.63, 3.8) is 0 Å². The molecule has 2 unspecified atom stereocenters. The summed E-state index contributed by atoms with van der Waals surface area (Å²) in [5, 5.41) is 12.5. The maximum Gasteiger partial charge on any atom is 0.408 e. The summed E-state index contributed by atoms with van der Waals surface area (Å²) in [4.78, 5) is 39.0. The molecule has 1 saturated heterocycles. The molecule has 1 amide bonds. The number of rotatable bonds is 5. The number of pyridine rings is 1. The van der Waals surface area contributed by atoms with Gasteiger partial charge >= 0.3 is 12.1 Å². The van der Waals surface area contributed by atoms with Crippen LogP contribution in [0.25, 0.3) is 10.9 Å². The third-order valence-corrected chi connectivity index (χ3v) is 7.27. The lowest BCUT2D eigenvalue weighted by atomic mass is 9.69. The minimum absolute atomic E-state index is 0.0151. The molecule has 10 heteroatoms. The van der Waals surface area contributed by atoms with Gasteiger partial charge in [-0.2, -0.15) is 0 Å². The van der Waals surface area contributed by atoms with Crippen molar-refractivity contribution in [3.05, 3.63) is 33.9 Å². The summed E-state index contributed by atoms with van der Waals surface area (Å²) < 4.78 is 28.5. The molecule has 1 aromatic carbocycles. The number of hydrogen-bond acceptors (Lipinski definition) is 6. The second kappa shape index (κ2) is 7.86. The highest BCUT2D eigenvalue weighted by atomic mass is 19.1. The quantitative estimate of drug-likeness (QED) is 0.662. The van der Waals surface area contributed by atoms with Crippen LogP contribution in [0.2, 0.25) is 0 Å². The van der Waals surface area contributed by atoms with E-state index in [4.69, 9.17) is 9.47 Å². The lowest BCUT2D eigenvalue weighted by Gasteiger charge is -2.44. The van der Waals surface area contributed by atoms with Crippen LogP contribution in [0.4, 0.5) is 14.9 Å². The Morgan fingerprint density at radius 2 is 1.97 bits per heavy atom. The Hall–Kier alpha value is -3.30. The van der Waals surface area contributed by atoms with Crippen molar-refractivity contribution < 1.29 is 28.6 Å². The number of fused-ring (bicyclic) bond motifs is 2. The number of hydrogen-bond donors (Lipinski definition) is 2. The number of benzene rings is 1. The molecule has 0 bridgehead atoms. The molecule has 2 atom stereocenters. The third-order valence-electron chi connectivity index (χ3n) is 7.27. The van der Waals surface area contributed by atoms with E-state index in [1.54, 1.807) is 25.3 Å². The molecule has 0 spiro atoms. The Balaban J connectivity index is 1.58. The van der Waals surface area contributed by atoms with Gasteiger partial charge in [0, 0.05) is 31.2 Å². The predicted octanol–water partition coefficient (Wildman–Crippen LogP) is 3.68. The maximum atomic E-state index is 15.6. The van der Waals surface area contributed by atoms with Crippen LogP contribution in [0.1, 0.15) is 62.9 Å². The first-order valence-electron chi connectivity index (χ1n) is 11.9. The van der Waals surface area contributed by atoms with Crippen LogP contribution in [-0.2, 0) is 4.74 Å². The molecule has 0 radical (unpaired) electrons. The molecule has 3 fully saturated rings. The number of anilines is 1. The van der Waals surface area contributed by atoms with Gasteiger partial charge < -0.3 is 29.4 Å². The Morgan fingerprint density at radius 1 is 1.26 bits per heavy atom. The Kier molecular flexibility index (Phi) is 5.26. The van der Waals surface area contributed by atoms with Gasteiger partial charge in [0.2, 0.25) is 5.43 Å². The minimum atomic E-state index is -1.35. The van der Waals surface area contributed by atoms with Crippen molar-refractivity contribution in [2.45, 2.75) is 63.6 Å². The fraction of sp³-hybridized carbons (Fsp3) is 0.560. The molecule has 2 saturated carbocycles. The lowest BCUT2D eigenvalue weighted by Crippen LogP contribution is -2.60. The number of nitrogens with zero attached hydrogens (tertiary/aromatic N) is 2. The van der Waals surface area contributed by atoms with E-state index in [9.17, 15) is 19.5 Å². The predicted molar refractivity (Wildman–Crippen MR) is 127 cm³/mol. The number of aromatic carboxylic acids is 1. The first-order valence-corrected chi connectivity index (χ1v) is 11.9. The van der Waals surface area contributed by atoms with Gasteiger partial charge in [0.25, 0.3) is 0 Å². The monoisotopic (exact) mass is 487 g/mol. The van der Waals surface area contributed by atoms with E-state index in [0.717, 1.165) is 31.7 Å². The second-order valence-electron chi connectivity index (χ2n) is 10.9. The molecule has 2 aromatic rings. The van der Waals surface area contributed by atoms with Crippen LogP contribution < -0.4 is 20.4 Å². The zero-order chi connectivity index (χ0) is 25.3. The lowest BCUT2D eigenvalue weighted by molar-refractivity contribution is 0.0335. The van der Waals surface area contributed by atoms with Crippen molar-refractivity contribution in [1.29, 1.82) is 0 Å². The van der Waals surface area contributed by atoms with Crippen LogP contribution >= 0.6 is 0 Å². The number of aromatic nitrogens is 1. The summed E-state index contributed by atoms with van der Waals surface area (Å²) >= 11 is 0. The minimum Gasteiger partial charge on any atom is -0.492 e. The SMILES string of the molecule is COc1c(N2CC3CCC3(NC(=O)OC(C)(C)C)C2)c(F)cc2c(=O)c(C(=O)O)cn(C3CC3)c12. The Bertz CT molecular complexity index is 1300. The molecule has 2 heterocycles. The van der Waals surface area contributed by atoms with E-state index in [2.05, 4.69) is 5.32 Å². The van der Waals surface area contributed by atoms with Crippen LogP contribution in [0.3, 0.4) is 0 Å². The van der Waals surface area contributed by atoms with Crippen molar-refractivity contribution in [2.75, 3.05) is 25.1 Å². The van der Waals surface area contributed by atoms with Gasteiger partial charge in [0.1, 0.15) is 16.9 Å². The van der Waals surface area contributed by atoms with E-state index < -0.39 is 40.0 Å². The maximum absolute atomic E-state index is 15.6. The summed E-state index contributed by atoms with van der Waals surface area (Å²) in [5.74, 6) is -1.68. The Labute approximate surface area is 201 Å². The number of carbonyl (C=O) groups excluding carboxylic acids is 1. The fourth-order valence-corrected chi connectivity index (χ4v) is 5.45. The molecule has 35 heavy (non-hydrogen) atoms. The molecule has 5 rings (SSSR count). The van der Waals surface area contributed by atoms with Crippen molar-refractivity contribution >= 4 is 28.7 Å². The fourth-order valence-electron chi connectivity index (χ4n) is 5.45. The van der Waals surface area contributed by atoms with Crippen LogP contribution in [0.15, 0.2) is 17.1 Å². The molecular weight excluding hydrogens is 457 g/mol. The molecular formula is C25H30FN3O6. The van der Waals surface area contributed by atoms with E-state index in [-0.39, 0.29) is 28.8 Å². The molecule has 2 N–H and O–H groups in total. The summed E-state index contributed by atoms with van der Waals surface area (Å²) in [6, 6.07) is 1.15. The number of nitrogens with one attached hydrogen (secondary N) is 1. The van der Waals surface area contributed by atoms with Gasteiger partial charge in [0.05, 0.1) is 23.6 Å². The standard InChI is InChI=1S/C25H30FN3O6/c1-24(2,3)35-23(33)27-25-8-7-13(25)10-28(12-25)19-17(26)9-15-18(21(19)34-4)29(14-5-6-14)11-16(20(15)30)22(31)32/h9,11,13-14H,5-8,10,12H2,1-4H3,(H,27,33)(H,31,32). The number of carboxylic acids is 1. The molecule has 2 aliphatic carbocycles. The number of amides is 1. The van der Waals surface area contributed by atoms with Crippen LogP contribution in [0, 0.1) is 11.7 Å². The number of carboxylic acid groups (broad SMARTS) is 1. The summed E-state index contributed by atoms with van der Waals surface area (Å²) in [5.41, 5.74) is -1.67. The highest BCUT2D eigenvalue weighted by Gasteiger charge is 2.55. The Morgan fingerprint density at radius 3 is 2.51 bits per heavy atom. The van der Waals surface area contributed by atoms with E-state index in [1.807, 2.05) is 4.90 Å². The number of carbonyl (C=O) groups is 2. The van der Waals surface area contributed by atoms with Gasteiger partial charge in [-0.25, -0.2) is 14.0 Å². The average molecular weight is 488 g/mol. The van der Waals surface area contributed by atoms with Crippen molar-refractivity contribution in [2.24, 2.45) is 5.92 Å². The van der Waals surface area contributed by atoms with Gasteiger partial charge in [0.15, 0.2) is 11.6 Å². The second-order valence-corrected chi connectivity index (χ2v) is 10.9. The molecule has 3 aliphatic rings.